The molecule has 4 N–H and O–H groups in total. The van der Waals surface area contributed by atoms with Crippen LogP contribution in [0, 0.1) is 22.7 Å². The van der Waals surface area contributed by atoms with Crippen molar-refractivity contribution in [3.63, 3.8) is 0 Å². The second-order valence-corrected chi connectivity index (χ2v) is 25.5. The fourth-order valence-corrected chi connectivity index (χ4v) is 12.0. The molecule has 0 atom stereocenters. The van der Waals surface area contributed by atoms with Gasteiger partial charge in [0.1, 0.15) is 40.6 Å². The summed E-state index contributed by atoms with van der Waals surface area (Å²) < 4.78 is 42.0. The lowest BCUT2D eigenvalue weighted by atomic mass is 10.0. The third-order valence-electron chi connectivity index (χ3n) is 16.8. The first-order chi connectivity index (χ1) is 50.0. The summed E-state index contributed by atoms with van der Waals surface area (Å²) in [7, 11) is 0. The van der Waals surface area contributed by atoms with Gasteiger partial charge in [-0.2, -0.15) is 10.5 Å². The highest BCUT2D eigenvalue weighted by Gasteiger charge is 2.35. The molecule has 105 heavy (non-hydrogen) atoms. The Kier molecular flexibility index (Phi) is 25.0. The average molecular weight is 1430 g/mol. The number of ether oxygens (including phenoxy) is 7. The Labute approximate surface area is 604 Å². The fraction of sp³-hybridized carbons (Fsp3) is 0.333. The number of amides is 2. The minimum absolute atomic E-state index is 0.00999. The number of nitrogens with zero attached hydrogens (tertiary/aromatic N) is 6. The van der Waals surface area contributed by atoms with Crippen molar-refractivity contribution < 1.29 is 86.2 Å². The number of rotatable bonds is 17. The molecule has 2 amide bonds. The Morgan fingerprint density at radius 2 is 0.800 bits per heavy atom. The summed E-state index contributed by atoms with van der Waals surface area (Å²) in [5.41, 5.74) is 6.18. The van der Waals surface area contributed by atoms with E-state index in [0.29, 0.717) is 94.5 Å². The van der Waals surface area contributed by atoms with Gasteiger partial charge in [0.2, 0.25) is 0 Å². The van der Waals surface area contributed by atoms with Gasteiger partial charge >= 0.3 is 47.8 Å². The van der Waals surface area contributed by atoms with E-state index < -0.39 is 41.4 Å². The molecule has 2 aliphatic heterocycles. The molecule has 0 unspecified atom stereocenters. The summed E-state index contributed by atoms with van der Waals surface area (Å²) in [4.78, 5) is 121. The number of hydrogen-bond acceptors (Lipinski definition) is 19. The van der Waals surface area contributed by atoms with Gasteiger partial charge in [-0.1, -0.05) is 30.3 Å². The van der Waals surface area contributed by atoms with Gasteiger partial charge < -0.3 is 72.2 Å². The van der Waals surface area contributed by atoms with Crippen LogP contribution in [-0.2, 0) is 56.3 Å². The van der Waals surface area contributed by atoms with Gasteiger partial charge in [-0.3, -0.25) is 9.59 Å². The highest BCUT2D eigenvalue weighted by atomic mass is 16.6. The minimum atomic E-state index is -0.989. The number of H-pyrrole nitrogens is 1. The number of carbonyl (C=O) groups is 10. The number of benzene rings is 5. The van der Waals surface area contributed by atoms with Crippen molar-refractivity contribution in [3.8, 4) is 12.1 Å². The summed E-state index contributed by atoms with van der Waals surface area (Å²) in [5, 5.41) is 37.5. The van der Waals surface area contributed by atoms with Crippen molar-refractivity contribution in [2.24, 2.45) is 0 Å². The lowest BCUT2D eigenvalue weighted by molar-refractivity contribution is 0.0502. The number of esters is 7. The van der Waals surface area contributed by atoms with E-state index in [1.165, 1.54) is 4.57 Å². The summed E-state index contributed by atoms with van der Waals surface area (Å²) in [6, 6.07) is 38.3. The molecule has 2 aliphatic rings. The molecular weight excluding hydrogens is 1350 g/mol. The number of carboxylic acid groups (broad SMARTS) is 1. The van der Waals surface area contributed by atoms with E-state index in [1.807, 2.05) is 41.2 Å². The van der Waals surface area contributed by atoms with Gasteiger partial charge in [0, 0.05) is 45.5 Å². The zero-order valence-corrected chi connectivity index (χ0v) is 60.7. The zero-order valence-electron chi connectivity index (χ0n) is 60.7. The van der Waals surface area contributed by atoms with E-state index in [0.717, 1.165) is 38.0 Å². The van der Waals surface area contributed by atoms with Crippen molar-refractivity contribution >= 4 is 114 Å². The number of carbonyl (C=O) groups excluding carboxylic acids is 9. The van der Waals surface area contributed by atoms with Gasteiger partial charge in [0.15, 0.2) is 0 Å². The summed E-state index contributed by atoms with van der Waals surface area (Å²) >= 11 is 0. The van der Waals surface area contributed by atoms with E-state index in [9.17, 15) is 53.2 Å². The van der Waals surface area contributed by atoms with Crippen LogP contribution in [0.15, 0.2) is 121 Å². The maximum absolute atomic E-state index is 12.3. The van der Waals surface area contributed by atoms with E-state index in [1.54, 1.807) is 176 Å². The molecule has 7 heterocycles. The fourth-order valence-electron chi connectivity index (χ4n) is 12.0. The van der Waals surface area contributed by atoms with Crippen molar-refractivity contribution in [3.05, 3.63) is 178 Å². The summed E-state index contributed by atoms with van der Waals surface area (Å²) in [5.74, 6) is -4.17. The highest BCUT2D eigenvalue weighted by molar-refractivity contribution is 6.05. The predicted octanol–water partition coefficient (Wildman–Crippen LogP) is 12.4. The molecule has 0 spiro atoms. The molecule has 0 bridgehead atoms. The number of carboxylic acids is 1. The number of nitriles is 2. The lowest BCUT2D eigenvalue weighted by Crippen LogP contribution is -2.47. The van der Waals surface area contributed by atoms with Gasteiger partial charge in [0.05, 0.1) is 119 Å². The normalized spacial score (nSPS) is 12.9. The van der Waals surface area contributed by atoms with Gasteiger partial charge in [0.25, 0.3) is 11.8 Å². The van der Waals surface area contributed by atoms with Gasteiger partial charge in [-0.25, -0.2) is 38.4 Å². The Bertz CT molecular complexity index is 5100. The van der Waals surface area contributed by atoms with E-state index in [-0.39, 0.29) is 79.1 Å². The van der Waals surface area contributed by atoms with Crippen LogP contribution in [-0.4, -0.2) is 147 Å². The van der Waals surface area contributed by atoms with Crippen molar-refractivity contribution in [1.82, 2.24) is 33.9 Å². The molecule has 0 saturated carbocycles. The second kappa shape index (κ2) is 33.5. The predicted molar refractivity (Wildman–Crippen MR) is 389 cm³/mol. The Balaban J connectivity index is 0.000000166. The molecule has 27 nitrogen and oxygen atoms in total. The molecule has 0 saturated heterocycles. The Hall–Kier alpha value is -12.5. The standard InChI is InChI=1S/C18H20N2O4.C16H16N2O4.C16H18N2O3.C14H14N2O3.C14H15NO4/c1-5-23-16(21)13-8-7-12-9-15(17(22)24-6-2)20(14(12)10-13)18(3,4)11-19;1-3-21-15(19)12-6-5-11-9-14(16(20)22-4-2)18(8-7-17)13(11)10-12;1-4-21-15(20)11-6-5-10-7-13-14(19)17-9-16(2,3)18(13)12(10)8-11;1-14(2)7-15-12(17)11-5-8-3-4-9(13(18)19)6-10(8)16(11)14;1-3-18-13(16)10-6-5-9-7-12(14(17)19-4-2)15-11(9)8-10/h7-10H,5-6H2,1-4H3;5-6,9-10H,3-4,8H2,1-2H3;5-8H,4,9H2,1-3H3,(H,17,19);3-6H,7H2,1-2H3,(H,15,17)(H,18,19);5-8,15H,3-4H2,1-2H3. The maximum atomic E-state index is 12.3. The number of fused-ring (bicyclic) bond motifs is 9. The first-order valence-electron chi connectivity index (χ1n) is 34.0. The molecular formula is C78H83N9O18. The highest BCUT2D eigenvalue weighted by Crippen LogP contribution is 2.34. The topological polar surface area (TPSA) is 363 Å². The molecule has 5 aromatic carbocycles. The quantitative estimate of drug-likeness (QED) is 0.0486. The molecule has 548 valence electrons. The summed E-state index contributed by atoms with van der Waals surface area (Å²) in [6.45, 7) is 26.9. The van der Waals surface area contributed by atoms with Crippen molar-refractivity contribution in [2.75, 3.05) is 59.3 Å². The van der Waals surface area contributed by atoms with Crippen LogP contribution in [0.1, 0.15) is 194 Å². The SMILES string of the molecule is CC1(C)CNC(=O)c2cc3ccc(C(=O)O)cc3n21.CCOC(=O)c1ccc2cc(C(=O)OCC)[nH]c2c1.CCOC(=O)c1ccc2cc(C(=O)OCC)n(C(C)(C)C#N)c2c1.CCOC(=O)c1ccc2cc(C(=O)OCC)n(CC#N)c2c1.CCOC(=O)c1ccc2cc3n(c2c1)C(C)(C)CNC3=O. The molecule has 0 fully saturated rings. The van der Waals surface area contributed by atoms with Gasteiger partial charge in [-0.05, 0) is 181 Å². The van der Waals surface area contributed by atoms with E-state index in [4.69, 9.17) is 43.5 Å². The van der Waals surface area contributed by atoms with Gasteiger partial charge in [-0.15, -0.1) is 0 Å². The first-order valence-corrected chi connectivity index (χ1v) is 34.0. The third kappa shape index (κ3) is 17.3. The molecule has 5 aromatic heterocycles. The van der Waals surface area contributed by atoms with Crippen LogP contribution >= 0.6 is 0 Å². The molecule has 10 aromatic rings. The number of nitrogens with one attached hydrogen (secondary N) is 3. The first kappa shape index (κ1) is 78.2. The van der Waals surface area contributed by atoms with Crippen molar-refractivity contribution in [1.29, 1.82) is 10.5 Å². The van der Waals surface area contributed by atoms with Crippen LogP contribution < -0.4 is 10.6 Å². The van der Waals surface area contributed by atoms with Crippen LogP contribution in [0.3, 0.4) is 0 Å². The number of aromatic nitrogens is 5. The zero-order chi connectivity index (χ0) is 76.8. The van der Waals surface area contributed by atoms with E-state index in [2.05, 4.69) is 35.5 Å². The maximum Gasteiger partial charge on any atom is 0.355 e. The number of aromatic carboxylic acids is 1. The van der Waals surface area contributed by atoms with Crippen LogP contribution in [0.4, 0.5) is 0 Å². The minimum Gasteiger partial charge on any atom is -0.478 e. The summed E-state index contributed by atoms with van der Waals surface area (Å²) in [6.07, 6.45) is 0. The molecule has 0 radical (unpaired) electrons. The number of aromatic amines is 1. The van der Waals surface area contributed by atoms with Crippen LogP contribution in [0.5, 0.6) is 0 Å². The monoisotopic (exact) mass is 1430 g/mol. The molecule has 0 aliphatic carbocycles. The average Bonchev–Trinajstić information content (AvgIpc) is 1.61. The Morgan fingerprint density at radius 3 is 1.23 bits per heavy atom. The number of hydrogen-bond donors (Lipinski definition) is 4. The second-order valence-electron chi connectivity index (χ2n) is 25.5. The largest absolute Gasteiger partial charge is 0.478 e. The van der Waals surface area contributed by atoms with E-state index >= 15 is 0 Å². The molecule has 27 heteroatoms. The van der Waals surface area contributed by atoms with Crippen molar-refractivity contribution in [2.45, 2.75) is 113 Å². The van der Waals surface area contributed by atoms with Crippen LogP contribution in [0.25, 0.3) is 54.5 Å². The lowest BCUT2D eigenvalue weighted by Gasteiger charge is -2.34. The smallest absolute Gasteiger partial charge is 0.355 e. The molecule has 12 rings (SSSR count). The van der Waals surface area contributed by atoms with Crippen LogP contribution in [0.2, 0.25) is 0 Å². The third-order valence-corrected chi connectivity index (χ3v) is 16.8. The Morgan fingerprint density at radius 1 is 0.448 bits per heavy atom.